The number of epoxide rings is 1. The predicted molar refractivity (Wildman–Crippen MR) is 44.3 cm³/mol. The largest absolute Gasteiger partial charge is 0.390 e. The Balaban J connectivity index is 2.31. The molecule has 1 N–H and O–H groups in total. The molecule has 0 unspecified atom stereocenters. The molecule has 0 aromatic heterocycles. The molecule has 2 nitrogen and oxygen atoms in total. The van der Waals surface area contributed by atoms with Gasteiger partial charge in [-0.15, -0.1) is 0 Å². The van der Waals surface area contributed by atoms with Gasteiger partial charge in [0.1, 0.15) is 6.10 Å². The topological polar surface area (TPSA) is 32.8 Å². The first-order valence-electron chi connectivity index (χ1n) is 4.37. The van der Waals surface area contributed by atoms with Gasteiger partial charge in [-0.05, 0) is 11.8 Å². The zero-order valence-corrected chi connectivity index (χ0v) is 7.74. The predicted octanol–water partition coefficient (Wildman–Crippen LogP) is 1.43. The average molecular weight is 158 g/mol. The number of hydrogen-bond acceptors (Lipinski definition) is 2. The maximum Gasteiger partial charge on any atom is 0.110 e. The fourth-order valence-electron chi connectivity index (χ4n) is 1.33. The zero-order valence-electron chi connectivity index (χ0n) is 7.74. The normalized spacial score (nSPS) is 33.0. The Morgan fingerprint density at radius 3 is 1.91 bits per heavy atom. The summed E-state index contributed by atoms with van der Waals surface area (Å²) in [5, 5.41) is 9.56. The van der Waals surface area contributed by atoms with Gasteiger partial charge in [0, 0.05) is 0 Å². The first-order valence-corrected chi connectivity index (χ1v) is 4.37. The number of aliphatic hydroxyl groups is 1. The lowest BCUT2D eigenvalue weighted by Crippen LogP contribution is -2.24. The molecule has 0 saturated carbocycles. The molecule has 1 rings (SSSR count). The minimum Gasteiger partial charge on any atom is -0.390 e. The molecule has 0 spiro atoms. The van der Waals surface area contributed by atoms with Gasteiger partial charge < -0.3 is 9.84 Å². The average Bonchev–Trinajstić information content (AvgIpc) is 2.63. The molecular formula is C9H18O2. The third-order valence-corrected chi connectivity index (χ3v) is 2.24. The summed E-state index contributed by atoms with van der Waals surface area (Å²) in [5.41, 5.74) is 0. The lowest BCUT2D eigenvalue weighted by molar-refractivity contribution is 0.0922. The van der Waals surface area contributed by atoms with Crippen molar-refractivity contribution < 1.29 is 9.84 Å². The van der Waals surface area contributed by atoms with Gasteiger partial charge in [0.25, 0.3) is 0 Å². The van der Waals surface area contributed by atoms with E-state index < -0.39 is 0 Å². The highest BCUT2D eigenvalue weighted by Crippen LogP contribution is 2.33. The fraction of sp³-hybridized carbons (Fsp3) is 1.00. The minimum atomic E-state index is -0.276. The van der Waals surface area contributed by atoms with Crippen LogP contribution in [0, 0.1) is 11.8 Å². The van der Waals surface area contributed by atoms with Crippen molar-refractivity contribution in [3.63, 3.8) is 0 Å². The van der Waals surface area contributed by atoms with Crippen molar-refractivity contribution in [2.45, 2.75) is 46.0 Å². The molecule has 1 saturated heterocycles. The van der Waals surface area contributed by atoms with Gasteiger partial charge in [-0.3, -0.25) is 0 Å². The second-order valence-corrected chi connectivity index (χ2v) is 4.04. The molecule has 66 valence electrons. The van der Waals surface area contributed by atoms with Crippen LogP contribution in [0.15, 0.2) is 0 Å². The van der Waals surface area contributed by atoms with Crippen LogP contribution in [0.2, 0.25) is 0 Å². The SMILES string of the molecule is CC(C)[C@H](O)[C@@H]1O[C@H]1C(C)C. The number of rotatable bonds is 3. The Morgan fingerprint density at radius 2 is 1.64 bits per heavy atom. The van der Waals surface area contributed by atoms with Crippen molar-refractivity contribution >= 4 is 0 Å². The molecule has 3 atom stereocenters. The molecule has 1 heterocycles. The van der Waals surface area contributed by atoms with Crippen molar-refractivity contribution in [1.29, 1.82) is 0 Å². The van der Waals surface area contributed by atoms with E-state index in [-0.39, 0.29) is 12.2 Å². The Hall–Kier alpha value is -0.0800. The summed E-state index contributed by atoms with van der Waals surface area (Å²) in [6.07, 6.45) is 0.129. The number of ether oxygens (including phenoxy) is 1. The van der Waals surface area contributed by atoms with Gasteiger partial charge in [-0.25, -0.2) is 0 Å². The van der Waals surface area contributed by atoms with Gasteiger partial charge >= 0.3 is 0 Å². The third kappa shape index (κ3) is 1.94. The van der Waals surface area contributed by atoms with Crippen LogP contribution in [0.3, 0.4) is 0 Å². The van der Waals surface area contributed by atoms with Crippen LogP contribution < -0.4 is 0 Å². The monoisotopic (exact) mass is 158 g/mol. The third-order valence-electron chi connectivity index (χ3n) is 2.24. The summed E-state index contributed by atoms with van der Waals surface area (Å²) < 4.78 is 5.35. The van der Waals surface area contributed by atoms with Gasteiger partial charge in [0.05, 0.1) is 12.2 Å². The van der Waals surface area contributed by atoms with E-state index in [1.165, 1.54) is 0 Å². The molecule has 1 aliphatic rings. The van der Waals surface area contributed by atoms with E-state index >= 15 is 0 Å². The van der Waals surface area contributed by atoms with Gasteiger partial charge in [-0.1, -0.05) is 27.7 Å². The second-order valence-electron chi connectivity index (χ2n) is 4.04. The van der Waals surface area contributed by atoms with E-state index in [0.29, 0.717) is 17.9 Å². The molecule has 0 aromatic rings. The molecule has 1 aliphatic heterocycles. The summed E-state index contributed by atoms with van der Waals surface area (Å²) in [6.45, 7) is 8.28. The quantitative estimate of drug-likeness (QED) is 0.630. The van der Waals surface area contributed by atoms with E-state index in [1.807, 2.05) is 13.8 Å². The van der Waals surface area contributed by atoms with Crippen LogP contribution in [0.25, 0.3) is 0 Å². The lowest BCUT2D eigenvalue weighted by Gasteiger charge is -2.11. The first-order chi connectivity index (χ1) is 5.04. The Labute approximate surface area is 68.6 Å². The molecule has 0 aliphatic carbocycles. The van der Waals surface area contributed by atoms with Crippen LogP contribution in [0.1, 0.15) is 27.7 Å². The van der Waals surface area contributed by atoms with Crippen LogP contribution in [0.5, 0.6) is 0 Å². The van der Waals surface area contributed by atoms with E-state index in [4.69, 9.17) is 4.74 Å². The molecule has 0 aromatic carbocycles. The van der Waals surface area contributed by atoms with Crippen LogP contribution in [-0.4, -0.2) is 23.4 Å². The molecule has 0 radical (unpaired) electrons. The number of hydrogen-bond donors (Lipinski definition) is 1. The zero-order chi connectivity index (χ0) is 8.59. The molecule has 1 fully saturated rings. The van der Waals surface area contributed by atoms with E-state index in [2.05, 4.69) is 13.8 Å². The van der Waals surface area contributed by atoms with Gasteiger partial charge in [0.2, 0.25) is 0 Å². The summed E-state index contributed by atoms with van der Waals surface area (Å²) in [6, 6.07) is 0. The van der Waals surface area contributed by atoms with Gasteiger partial charge in [-0.2, -0.15) is 0 Å². The van der Waals surface area contributed by atoms with Crippen LogP contribution in [0.4, 0.5) is 0 Å². The molecule has 0 bridgehead atoms. The van der Waals surface area contributed by atoms with E-state index in [9.17, 15) is 5.11 Å². The second kappa shape index (κ2) is 3.11. The molecule has 2 heteroatoms. The molecule has 0 amide bonds. The minimum absolute atomic E-state index is 0.106. The maximum absolute atomic E-state index is 9.56. The summed E-state index contributed by atoms with van der Waals surface area (Å²) in [5.74, 6) is 0.845. The van der Waals surface area contributed by atoms with Crippen molar-refractivity contribution in [1.82, 2.24) is 0 Å². The smallest absolute Gasteiger partial charge is 0.110 e. The van der Waals surface area contributed by atoms with E-state index in [0.717, 1.165) is 0 Å². The highest BCUT2D eigenvalue weighted by molar-refractivity contribution is 4.93. The van der Waals surface area contributed by atoms with Crippen molar-refractivity contribution in [3.8, 4) is 0 Å². The highest BCUT2D eigenvalue weighted by Gasteiger charge is 2.46. The maximum atomic E-state index is 9.56. The van der Waals surface area contributed by atoms with Gasteiger partial charge in [0.15, 0.2) is 0 Å². The van der Waals surface area contributed by atoms with Crippen molar-refractivity contribution in [2.75, 3.05) is 0 Å². The summed E-state index contributed by atoms with van der Waals surface area (Å²) in [4.78, 5) is 0. The van der Waals surface area contributed by atoms with Crippen LogP contribution in [-0.2, 0) is 4.74 Å². The highest BCUT2D eigenvalue weighted by atomic mass is 16.6. The first kappa shape index (κ1) is 9.01. The summed E-state index contributed by atoms with van der Waals surface area (Å²) >= 11 is 0. The fourth-order valence-corrected chi connectivity index (χ4v) is 1.33. The van der Waals surface area contributed by atoms with Crippen molar-refractivity contribution in [3.05, 3.63) is 0 Å². The molecule has 11 heavy (non-hydrogen) atoms. The van der Waals surface area contributed by atoms with E-state index in [1.54, 1.807) is 0 Å². The van der Waals surface area contributed by atoms with Crippen molar-refractivity contribution in [2.24, 2.45) is 11.8 Å². The Kier molecular flexibility index (Phi) is 2.55. The lowest BCUT2D eigenvalue weighted by atomic mass is 9.98. The Morgan fingerprint density at radius 1 is 1.09 bits per heavy atom. The Bertz CT molecular complexity index is 132. The standard InChI is InChI=1S/C9H18O2/c1-5(2)7(10)9-8(11-9)6(3)4/h5-10H,1-4H3/t7-,8-,9-/m0/s1. The van der Waals surface area contributed by atoms with Crippen LogP contribution >= 0.6 is 0 Å². The summed E-state index contributed by atoms with van der Waals surface area (Å²) in [7, 11) is 0. The molecular weight excluding hydrogens is 140 g/mol. The number of aliphatic hydroxyl groups excluding tert-OH is 1.